The second-order valence-corrected chi connectivity index (χ2v) is 8.13. The standard InChI is InChI=1S/C19H20N2O2S/c1-24(22,23)14-8-13-17-20-18(15-9-4-2-5-10-15)19(21-17)16-11-6-3-7-12-16/h2-7,9-12H,8,13-14H2,1H3,(H,20,21). The highest BCUT2D eigenvalue weighted by atomic mass is 32.2. The first-order valence-electron chi connectivity index (χ1n) is 7.90. The number of hydrogen-bond donors (Lipinski definition) is 1. The van der Waals surface area contributed by atoms with Crippen LogP contribution in [0.4, 0.5) is 0 Å². The number of rotatable bonds is 6. The predicted octanol–water partition coefficient (Wildman–Crippen LogP) is 3.72. The number of aromatic amines is 1. The SMILES string of the molecule is CS(=O)(=O)CCCc1nc(-c2ccccc2)c(-c2ccccc2)[nH]1. The third-order valence-corrected chi connectivity index (χ3v) is 4.82. The van der Waals surface area contributed by atoms with Gasteiger partial charge in [0.05, 0.1) is 17.1 Å². The van der Waals surface area contributed by atoms with Crippen LogP contribution in [-0.4, -0.2) is 30.4 Å². The van der Waals surface area contributed by atoms with E-state index in [1.165, 1.54) is 6.26 Å². The molecule has 3 aromatic rings. The van der Waals surface area contributed by atoms with E-state index < -0.39 is 9.84 Å². The van der Waals surface area contributed by atoms with Crippen LogP contribution >= 0.6 is 0 Å². The van der Waals surface area contributed by atoms with Crippen molar-refractivity contribution in [1.29, 1.82) is 0 Å². The van der Waals surface area contributed by atoms with E-state index in [-0.39, 0.29) is 5.75 Å². The molecule has 124 valence electrons. The lowest BCUT2D eigenvalue weighted by atomic mass is 10.1. The number of aromatic nitrogens is 2. The van der Waals surface area contributed by atoms with Gasteiger partial charge in [-0.3, -0.25) is 0 Å². The van der Waals surface area contributed by atoms with Crippen molar-refractivity contribution < 1.29 is 8.42 Å². The van der Waals surface area contributed by atoms with Crippen LogP contribution in [-0.2, 0) is 16.3 Å². The monoisotopic (exact) mass is 340 g/mol. The Hall–Kier alpha value is -2.40. The number of sulfone groups is 1. The van der Waals surface area contributed by atoms with Gasteiger partial charge >= 0.3 is 0 Å². The van der Waals surface area contributed by atoms with E-state index in [1.54, 1.807) is 0 Å². The summed E-state index contributed by atoms with van der Waals surface area (Å²) in [6.07, 6.45) is 2.44. The molecule has 5 heteroatoms. The molecular weight excluding hydrogens is 320 g/mol. The molecule has 0 bridgehead atoms. The fourth-order valence-corrected chi connectivity index (χ4v) is 3.33. The number of aryl methyl sites for hydroxylation is 1. The molecule has 2 aromatic carbocycles. The molecule has 0 fully saturated rings. The average Bonchev–Trinajstić information content (AvgIpc) is 2.99. The maximum Gasteiger partial charge on any atom is 0.147 e. The van der Waals surface area contributed by atoms with Crippen LogP contribution < -0.4 is 0 Å². The molecule has 1 N–H and O–H groups in total. The van der Waals surface area contributed by atoms with Gasteiger partial charge in [-0.2, -0.15) is 0 Å². The van der Waals surface area contributed by atoms with Crippen LogP contribution in [0.2, 0.25) is 0 Å². The third kappa shape index (κ3) is 4.11. The normalized spacial score (nSPS) is 11.5. The topological polar surface area (TPSA) is 62.8 Å². The second-order valence-electron chi connectivity index (χ2n) is 5.87. The summed E-state index contributed by atoms with van der Waals surface area (Å²) in [6.45, 7) is 0. The molecule has 3 rings (SSSR count). The Bertz CT molecular complexity index is 844. The molecule has 0 spiro atoms. The van der Waals surface area contributed by atoms with E-state index in [0.29, 0.717) is 12.8 Å². The Labute approximate surface area is 142 Å². The van der Waals surface area contributed by atoms with E-state index in [4.69, 9.17) is 4.98 Å². The van der Waals surface area contributed by atoms with Gasteiger partial charge in [0.1, 0.15) is 15.7 Å². The van der Waals surface area contributed by atoms with Crippen molar-refractivity contribution in [1.82, 2.24) is 9.97 Å². The molecule has 0 saturated carbocycles. The number of nitrogens with zero attached hydrogens (tertiary/aromatic N) is 1. The lowest BCUT2D eigenvalue weighted by Crippen LogP contribution is -2.04. The first-order valence-corrected chi connectivity index (χ1v) is 9.96. The number of nitrogens with one attached hydrogen (secondary N) is 1. The van der Waals surface area contributed by atoms with Crippen molar-refractivity contribution >= 4 is 9.84 Å². The molecule has 0 unspecified atom stereocenters. The second kappa shape index (κ2) is 7.01. The Morgan fingerprint density at radius 2 is 1.50 bits per heavy atom. The third-order valence-electron chi connectivity index (χ3n) is 3.79. The average molecular weight is 340 g/mol. The molecule has 0 atom stereocenters. The molecule has 0 radical (unpaired) electrons. The van der Waals surface area contributed by atoms with Crippen molar-refractivity contribution in [3.8, 4) is 22.5 Å². The van der Waals surface area contributed by atoms with Crippen molar-refractivity contribution in [2.45, 2.75) is 12.8 Å². The molecule has 4 nitrogen and oxygen atoms in total. The van der Waals surface area contributed by atoms with E-state index >= 15 is 0 Å². The van der Waals surface area contributed by atoms with Gasteiger partial charge in [-0.05, 0) is 6.42 Å². The molecule has 1 aromatic heterocycles. The first kappa shape index (κ1) is 16.5. The molecule has 0 saturated heterocycles. The van der Waals surface area contributed by atoms with Gasteiger partial charge in [-0.25, -0.2) is 13.4 Å². The molecule has 0 aliphatic rings. The minimum absolute atomic E-state index is 0.176. The Morgan fingerprint density at radius 1 is 0.917 bits per heavy atom. The fourth-order valence-electron chi connectivity index (χ4n) is 2.66. The lowest BCUT2D eigenvalue weighted by molar-refractivity contribution is 0.598. The van der Waals surface area contributed by atoms with Crippen molar-refractivity contribution in [2.24, 2.45) is 0 Å². The Morgan fingerprint density at radius 3 is 2.08 bits per heavy atom. The summed E-state index contributed by atoms with van der Waals surface area (Å²) in [5.74, 6) is 0.992. The van der Waals surface area contributed by atoms with Gasteiger partial charge in [0.15, 0.2) is 0 Å². The summed E-state index contributed by atoms with van der Waals surface area (Å²) in [4.78, 5) is 8.10. The van der Waals surface area contributed by atoms with Gasteiger partial charge in [0.25, 0.3) is 0 Å². The Balaban J connectivity index is 1.94. The van der Waals surface area contributed by atoms with Gasteiger partial charge in [-0.1, -0.05) is 60.7 Å². The van der Waals surface area contributed by atoms with Crippen LogP contribution in [0.5, 0.6) is 0 Å². The van der Waals surface area contributed by atoms with Crippen molar-refractivity contribution in [2.75, 3.05) is 12.0 Å². The van der Waals surface area contributed by atoms with Crippen LogP contribution in [0.25, 0.3) is 22.5 Å². The number of hydrogen-bond acceptors (Lipinski definition) is 3. The summed E-state index contributed by atoms with van der Waals surface area (Å²) in [6, 6.07) is 20.1. The van der Waals surface area contributed by atoms with Gasteiger partial charge < -0.3 is 4.98 Å². The Kier molecular flexibility index (Phi) is 4.81. The number of H-pyrrole nitrogens is 1. The summed E-state index contributed by atoms with van der Waals surface area (Å²) >= 11 is 0. The van der Waals surface area contributed by atoms with E-state index in [0.717, 1.165) is 28.3 Å². The van der Waals surface area contributed by atoms with Gasteiger partial charge in [0.2, 0.25) is 0 Å². The van der Waals surface area contributed by atoms with Crippen LogP contribution in [0.3, 0.4) is 0 Å². The fraction of sp³-hybridized carbons (Fsp3) is 0.211. The largest absolute Gasteiger partial charge is 0.341 e. The molecule has 0 aliphatic carbocycles. The summed E-state index contributed by atoms with van der Waals surface area (Å²) in [5.41, 5.74) is 3.98. The van der Waals surface area contributed by atoms with Crippen LogP contribution in [0.15, 0.2) is 60.7 Å². The summed E-state index contributed by atoms with van der Waals surface area (Å²) < 4.78 is 22.6. The minimum atomic E-state index is -2.94. The molecule has 0 aliphatic heterocycles. The highest BCUT2D eigenvalue weighted by Crippen LogP contribution is 2.30. The van der Waals surface area contributed by atoms with Crippen LogP contribution in [0, 0.1) is 0 Å². The van der Waals surface area contributed by atoms with Crippen LogP contribution in [0.1, 0.15) is 12.2 Å². The zero-order valence-electron chi connectivity index (χ0n) is 13.6. The summed E-state index contributed by atoms with van der Waals surface area (Å²) in [7, 11) is -2.94. The smallest absolute Gasteiger partial charge is 0.147 e. The predicted molar refractivity (Wildman–Crippen MR) is 97.5 cm³/mol. The maximum atomic E-state index is 11.3. The minimum Gasteiger partial charge on any atom is -0.341 e. The van der Waals surface area contributed by atoms with E-state index in [1.807, 2.05) is 60.7 Å². The first-order chi connectivity index (χ1) is 11.5. The number of benzene rings is 2. The number of imidazole rings is 1. The van der Waals surface area contributed by atoms with Crippen molar-refractivity contribution in [3.05, 3.63) is 66.5 Å². The maximum absolute atomic E-state index is 11.3. The molecule has 24 heavy (non-hydrogen) atoms. The van der Waals surface area contributed by atoms with E-state index in [2.05, 4.69) is 4.98 Å². The highest BCUT2D eigenvalue weighted by molar-refractivity contribution is 7.90. The van der Waals surface area contributed by atoms with Gasteiger partial charge in [-0.15, -0.1) is 0 Å². The quantitative estimate of drug-likeness (QED) is 0.744. The van der Waals surface area contributed by atoms with Gasteiger partial charge in [0, 0.05) is 23.8 Å². The molecular formula is C19H20N2O2S. The molecule has 1 heterocycles. The summed E-state index contributed by atoms with van der Waals surface area (Å²) in [5, 5.41) is 0. The lowest BCUT2D eigenvalue weighted by Gasteiger charge is -2.02. The molecule has 0 amide bonds. The zero-order valence-corrected chi connectivity index (χ0v) is 14.4. The van der Waals surface area contributed by atoms with E-state index in [9.17, 15) is 8.42 Å². The highest BCUT2D eigenvalue weighted by Gasteiger charge is 2.14. The van der Waals surface area contributed by atoms with Crippen molar-refractivity contribution in [3.63, 3.8) is 0 Å². The zero-order chi connectivity index (χ0) is 17.0.